The van der Waals surface area contributed by atoms with Crippen molar-refractivity contribution in [2.24, 2.45) is 0 Å². The highest BCUT2D eigenvalue weighted by molar-refractivity contribution is 5.93. The fourth-order valence-corrected chi connectivity index (χ4v) is 2.03. The molecule has 0 unspecified atom stereocenters. The van der Waals surface area contributed by atoms with Gasteiger partial charge in [-0.3, -0.25) is 4.79 Å². The molecule has 0 aliphatic carbocycles. The Morgan fingerprint density at radius 3 is 2.14 bits per heavy atom. The van der Waals surface area contributed by atoms with Crippen LogP contribution in [0.2, 0.25) is 0 Å². The first-order valence-electron chi connectivity index (χ1n) is 6.92. The lowest BCUT2D eigenvalue weighted by Gasteiger charge is -2.09. The van der Waals surface area contributed by atoms with Crippen LogP contribution < -0.4 is 10.6 Å². The molecule has 0 radical (unpaired) electrons. The van der Waals surface area contributed by atoms with Gasteiger partial charge in [-0.05, 0) is 51.0 Å². The number of nitrogens with zero attached hydrogens (tertiary/aromatic N) is 2. The summed E-state index contributed by atoms with van der Waals surface area (Å²) in [5.41, 5.74) is 3.73. The van der Waals surface area contributed by atoms with Crippen molar-refractivity contribution in [3.8, 4) is 0 Å². The third-order valence-electron chi connectivity index (χ3n) is 2.81. The van der Waals surface area contributed by atoms with Crippen LogP contribution >= 0.6 is 0 Å². The molecule has 1 aromatic carbocycles. The minimum Gasteiger partial charge on any atom is -0.350 e. The van der Waals surface area contributed by atoms with Crippen molar-refractivity contribution in [2.75, 3.05) is 5.32 Å². The molecule has 0 spiro atoms. The van der Waals surface area contributed by atoms with Crippen LogP contribution in [0.25, 0.3) is 0 Å². The summed E-state index contributed by atoms with van der Waals surface area (Å²) < 4.78 is 0. The number of amides is 1. The molecule has 0 aliphatic rings. The van der Waals surface area contributed by atoms with E-state index < -0.39 is 0 Å². The largest absolute Gasteiger partial charge is 0.350 e. The zero-order valence-corrected chi connectivity index (χ0v) is 12.8. The molecule has 0 fully saturated rings. The molecule has 2 aromatic rings. The molecule has 0 bridgehead atoms. The van der Waals surface area contributed by atoms with Gasteiger partial charge < -0.3 is 10.6 Å². The second kappa shape index (κ2) is 6.35. The van der Waals surface area contributed by atoms with Gasteiger partial charge in [-0.25, -0.2) is 9.97 Å². The molecule has 0 atom stereocenters. The van der Waals surface area contributed by atoms with Crippen molar-refractivity contribution in [1.29, 1.82) is 0 Å². The normalized spacial score (nSPS) is 10.5. The molecule has 1 amide bonds. The van der Waals surface area contributed by atoms with Crippen LogP contribution in [0.4, 0.5) is 11.6 Å². The summed E-state index contributed by atoms with van der Waals surface area (Å²) in [6.45, 7) is 7.90. The molecule has 110 valence electrons. The van der Waals surface area contributed by atoms with Crippen LogP contribution in [0.5, 0.6) is 0 Å². The van der Waals surface area contributed by atoms with E-state index in [0.717, 1.165) is 5.69 Å². The van der Waals surface area contributed by atoms with E-state index in [1.807, 2.05) is 39.8 Å². The molecule has 0 saturated heterocycles. The number of anilines is 2. The number of hydrogen-bond donors (Lipinski definition) is 2. The lowest BCUT2D eigenvalue weighted by Crippen LogP contribution is -2.30. The van der Waals surface area contributed by atoms with Gasteiger partial charge in [0.25, 0.3) is 5.91 Å². The average Bonchev–Trinajstić information content (AvgIpc) is 2.37. The van der Waals surface area contributed by atoms with Gasteiger partial charge in [-0.1, -0.05) is 6.07 Å². The van der Waals surface area contributed by atoms with Gasteiger partial charge in [0.2, 0.25) is 5.95 Å². The van der Waals surface area contributed by atoms with Gasteiger partial charge in [-0.15, -0.1) is 0 Å². The maximum absolute atomic E-state index is 11.8. The van der Waals surface area contributed by atoms with Crippen LogP contribution in [0.15, 0.2) is 30.6 Å². The van der Waals surface area contributed by atoms with Crippen LogP contribution in [0.3, 0.4) is 0 Å². The number of rotatable bonds is 4. The van der Waals surface area contributed by atoms with E-state index in [4.69, 9.17) is 0 Å². The van der Waals surface area contributed by atoms with E-state index in [2.05, 4.69) is 26.7 Å². The number of nitrogens with one attached hydrogen (secondary N) is 2. The van der Waals surface area contributed by atoms with Crippen molar-refractivity contribution in [3.63, 3.8) is 0 Å². The first-order valence-corrected chi connectivity index (χ1v) is 6.92. The predicted octanol–water partition coefficient (Wildman–Crippen LogP) is 2.98. The summed E-state index contributed by atoms with van der Waals surface area (Å²) in [5, 5.41) is 5.94. The second-order valence-electron chi connectivity index (χ2n) is 5.42. The standard InChI is InChI=1S/C16H20N4O/c1-10(2)19-15(21)13-8-17-16(18-9-13)20-14-6-11(3)5-12(4)7-14/h5-10H,1-4H3,(H,19,21)(H,17,18,20). The quantitative estimate of drug-likeness (QED) is 0.905. The van der Waals surface area contributed by atoms with Crippen molar-refractivity contribution < 1.29 is 4.79 Å². The first-order chi connectivity index (χ1) is 9.94. The van der Waals surface area contributed by atoms with Gasteiger partial charge >= 0.3 is 0 Å². The van der Waals surface area contributed by atoms with Crippen LogP contribution in [0, 0.1) is 13.8 Å². The van der Waals surface area contributed by atoms with E-state index in [-0.39, 0.29) is 11.9 Å². The minimum atomic E-state index is -0.164. The van der Waals surface area contributed by atoms with Crippen LogP contribution in [0.1, 0.15) is 35.3 Å². The summed E-state index contributed by atoms with van der Waals surface area (Å²) in [6, 6.07) is 6.24. The molecular weight excluding hydrogens is 264 g/mol. The maximum Gasteiger partial charge on any atom is 0.254 e. The number of hydrogen-bond acceptors (Lipinski definition) is 4. The summed E-state index contributed by atoms with van der Waals surface area (Å²) in [6.07, 6.45) is 3.05. The minimum absolute atomic E-state index is 0.0885. The van der Waals surface area contributed by atoms with E-state index in [1.54, 1.807) is 0 Å². The van der Waals surface area contributed by atoms with Gasteiger partial charge in [-0.2, -0.15) is 0 Å². The van der Waals surface area contributed by atoms with Crippen molar-refractivity contribution in [3.05, 3.63) is 47.3 Å². The summed E-state index contributed by atoms with van der Waals surface area (Å²) in [7, 11) is 0. The van der Waals surface area contributed by atoms with Crippen molar-refractivity contribution in [1.82, 2.24) is 15.3 Å². The first kappa shape index (κ1) is 15.0. The van der Waals surface area contributed by atoms with E-state index in [0.29, 0.717) is 11.5 Å². The monoisotopic (exact) mass is 284 g/mol. The molecule has 21 heavy (non-hydrogen) atoms. The number of aromatic nitrogens is 2. The van der Waals surface area contributed by atoms with Gasteiger partial charge in [0, 0.05) is 24.1 Å². The second-order valence-corrected chi connectivity index (χ2v) is 5.42. The molecule has 2 rings (SSSR count). The van der Waals surface area contributed by atoms with Crippen molar-refractivity contribution in [2.45, 2.75) is 33.7 Å². The molecule has 0 aliphatic heterocycles. The van der Waals surface area contributed by atoms with Gasteiger partial charge in [0.1, 0.15) is 0 Å². The summed E-state index contributed by atoms with van der Waals surface area (Å²) >= 11 is 0. The van der Waals surface area contributed by atoms with E-state index >= 15 is 0 Å². The zero-order valence-electron chi connectivity index (χ0n) is 12.8. The molecular formula is C16H20N4O. The smallest absolute Gasteiger partial charge is 0.254 e. The molecule has 5 nitrogen and oxygen atoms in total. The van der Waals surface area contributed by atoms with Crippen LogP contribution in [-0.4, -0.2) is 21.9 Å². The van der Waals surface area contributed by atoms with E-state index in [9.17, 15) is 4.79 Å². The Hall–Kier alpha value is -2.43. The predicted molar refractivity (Wildman–Crippen MR) is 83.8 cm³/mol. The Balaban J connectivity index is 2.10. The Bertz CT molecular complexity index is 615. The van der Waals surface area contributed by atoms with E-state index in [1.165, 1.54) is 23.5 Å². The highest BCUT2D eigenvalue weighted by Crippen LogP contribution is 2.17. The molecule has 5 heteroatoms. The molecule has 1 heterocycles. The highest BCUT2D eigenvalue weighted by atomic mass is 16.1. The number of carbonyl (C=O) groups is 1. The van der Waals surface area contributed by atoms with Gasteiger partial charge in [0.05, 0.1) is 5.56 Å². The molecule has 2 N–H and O–H groups in total. The Morgan fingerprint density at radius 1 is 1.05 bits per heavy atom. The summed E-state index contributed by atoms with van der Waals surface area (Å²) in [4.78, 5) is 20.2. The van der Waals surface area contributed by atoms with Crippen LogP contribution in [-0.2, 0) is 0 Å². The SMILES string of the molecule is Cc1cc(C)cc(Nc2ncc(C(=O)NC(C)C)cn2)c1. The fraction of sp³-hybridized carbons (Fsp3) is 0.312. The van der Waals surface area contributed by atoms with Gasteiger partial charge in [0.15, 0.2) is 0 Å². The maximum atomic E-state index is 11.8. The highest BCUT2D eigenvalue weighted by Gasteiger charge is 2.08. The molecule has 1 aromatic heterocycles. The number of aryl methyl sites for hydroxylation is 2. The lowest BCUT2D eigenvalue weighted by molar-refractivity contribution is 0.0942. The summed E-state index contributed by atoms with van der Waals surface area (Å²) in [5.74, 6) is 0.309. The lowest BCUT2D eigenvalue weighted by atomic mass is 10.1. The molecule has 0 saturated carbocycles. The third-order valence-corrected chi connectivity index (χ3v) is 2.81. The number of carbonyl (C=O) groups excluding carboxylic acids is 1. The Labute approximate surface area is 124 Å². The average molecular weight is 284 g/mol. The third kappa shape index (κ3) is 4.27. The zero-order chi connectivity index (χ0) is 15.4. The van der Waals surface area contributed by atoms with Crippen molar-refractivity contribution >= 4 is 17.5 Å². The Kier molecular flexibility index (Phi) is 4.52. The number of benzene rings is 1. The fourth-order valence-electron chi connectivity index (χ4n) is 2.03. The topological polar surface area (TPSA) is 66.9 Å². The Morgan fingerprint density at radius 2 is 1.62 bits per heavy atom.